The van der Waals surface area contributed by atoms with Crippen molar-refractivity contribution >= 4 is 54.0 Å². The van der Waals surface area contributed by atoms with E-state index < -0.39 is 15.7 Å². The van der Waals surface area contributed by atoms with Gasteiger partial charge >= 0.3 is 0 Å². The molecule has 3 aromatic rings. The number of benzene rings is 2. The molecule has 0 fully saturated rings. The molecule has 9 heteroatoms. The third kappa shape index (κ3) is 4.40. The number of nitrogens with one attached hydrogen (secondary N) is 1. The Balaban J connectivity index is 1.67. The third-order valence-electron chi connectivity index (χ3n) is 3.96. The Kier molecular flexibility index (Phi) is 5.69. The van der Waals surface area contributed by atoms with Crippen LogP contribution in [0.1, 0.15) is 12.0 Å². The monoisotopic (exact) mass is 424 g/mol. The van der Waals surface area contributed by atoms with Gasteiger partial charge in [-0.2, -0.15) is 0 Å². The van der Waals surface area contributed by atoms with E-state index in [1.807, 2.05) is 13.0 Å². The Labute approximate surface area is 166 Å². The maximum absolute atomic E-state index is 12.4. The number of carbonyl (C=O) groups is 1. The molecule has 142 valence electrons. The first-order valence-corrected chi connectivity index (χ1v) is 10.9. The number of hydrogen-bond acceptors (Lipinski definition) is 6. The molecule has 0 bridgehead atoms. The normalized spacial score (nSPS) is 11.5. The average molecular weight is 425 g/mol. The van der Waals surface area contributed by atoms with Crippen molar-refractivity contribution in [1.82, 2.24) is 4.98 Å². The Bertz CT molecular complexity index is 1050. The number of nitrogens with zero attached hydrogens (tertiary/aromatic N) is 1. The third-order valence-corrected chi connectivity index (χ3v) is 7.12. The predicted molar refractivity (Wildman–Crippen MR) is 108 cm³/mol. The van der Waals surface area contributed by atoms with Crippen molar-refractivity contribution < 1.29 is 17.9 Å². The standard InChI is InChI=1S/C18H17ClN2O4S2/c1-11-3-8-14(19)17-16(11)21-18(26-17)20-15(22)9-10-27(23,24)13-6-4-12(25-2)5-7-13/h3-8H,9-10H2,1-2H3,(H,20,21,22). The Morgan fingerprint density at radius 1 is 1.22 bits per heavy atom. The molecule has 1 amide bonds. The number of ether oxygens (including phenoxy) is 1. The summed E-state index contributed by atoms with van der Waals surface area (Å²) in [4.78, 5) is 16.7. The van der Waals surface area contributed by atoms with Crippen LogP contribution in [-0.4, -0.2) is 32.2 Å². The van der Waals surface area contributed by atoms with Crippen LogP contribution in [0.4, 0.5) is 5.13 Å². The number of aromatic nitrogens is 1. The molecule has 0 atom stereocenters. The van der Waals surface area contributed by atoms with E-state index in [2.05, 4.69) is 10.3 Å². The molecular formula is C18H17ClN2O4S2. The predicted octanol–water partition coefficient (Wildman–Crippen LogP) is 4.07. The second kappa shape index (κ2) is 7.84. The van der Waals surface area contributed by atoms with Gasteiger partial charge in [-0.05, 0) is 42.8 Å². The highest BCUT2D eigenvalue weighted by Crippen LogP contribution is 2.33. The number of amides is 1. The lowest BCUT2D eigenvalue weighted by Crippen LogP contribution is -2.17. The molecule has 2 aromatic carbocycles. The van der Waals surface area contributed by atoms with E-state index in [1.54, 1.807) is 18.2 Å². The maximum atomic E-state index is 12.4. The SMILES string of the molecule is COc1ccc(S(=O)(=O)CCC(=O)Nc2nc3c(C)ccc(Cl)c3s2)cc1. The van der Waals surface area contributed by atoms with Crippen LogP contribution in [0.5, 0.6) is 5.75 Å². The van der Waals surface area contributed by atoms with Gasteiger partial charge in [-0.15, -0.1) is 0 Å². The number of methoxy groups -OCH3 is 1. The van der Waals surface area contributed by atoms with E-state index >= 15 is 0 Å². The van der Waals surface area contributed by atoms with Crippen LogP contribution in [0.25, 0.3) is 10.2 Å². The van der Waals surface area contributed by atoms with Gasteiger partial charge in [0.05, 0.1) is 33.0 Å². The fraction of sp³-hybridized carbons (Fsp3) is 0.222. The number of fused-ring (bicyclic) bond motifs is 1. The second-order valence-corrected chi connectivity index (χ2v) is 9.37. The molecule has 6 nitrogen and oxygen atoms in total. The number of rotatable bonds is 6. The smallest absolute Gasteiger partial charge is 0.227 e. The minimum Gasteiger partial charge on any atom is -0.497 e. The van der Waals surface area contributed by atoms with Crippen molar-refractivity contribution in [2.24, 2.45) is 0 Å². The molecule has 1 N–H and O–H groups in total. The molecule has 27 heavy (non-hydrogen) atoms. The highest BCUT2D eigenvalue weighted by Gasteiger charge is 2.18. The van der Waals surface area contributed by atoms with Crippen LogP contribution in [0.15, 0.2) is 41.3 Å². The summed E-state index contributed by atoms with van der Waals surface area (Å²) in [6.07, 6.45) is -0.170. The Morgan fingerprint density at radius 3 is 2.56 bits per heavy atom. The topological polar surface area (TPSA) is 85.4 Å². The average Bonchev–Trinajstić information content (AvgIpc) is 3.08. The van der Waals surface area contributed by atoms with E-state index in [0.29, 0.717) is 15.9 Å². The van der Waals surface area contributed by atoms with E-state index in [-0.39, 0.29) is 17.1 Å². The van der Waals surface area contributed by atoms with E-state index in [9.17, 15) is 13.2 Å². The van der Waals surface area contributed by atoms with Crippen LogP contribution in [-0.2, 0) is 14.6 Å². The Morgan fingerprint density at radius 2 is 1.93 bits per heavy atom. The summed E-state index contributed by atoms with van der Waals surface area (Å²) in [5, 5.41) is 3.62. The first-order chi connectivity index (χ1) is 12.8. The van der Waals surface area contributed by atoms with Crippen LogP contribution in [0.2, 0.25) is 5.02 Å². The molecule has 0 radical (unpaired) electrons. The summed E-state index contributed by atoms with van der Waals surface area (Å²) in [5.41, 5.74) is 1.68. The number of carbonyl (C=O) groups excluding carboxylic acids is 1. The van der Waals surface area contributed by atoms with Gasteiger partial charge in [0.15, 0.2) is 15.0 Å². The van der Waals surface area contributed by atoms with Crippen molar-refractivity contribution in [2.75, 3.05) is 18.2 Å². The van der Waals surface area contributed by atoms with Gasteiger partial charge in [-0.25, -0.2) is 13.4 Å². The molecule has 3 rings (SSSR count). The highest BCUT2D eigenvalue weighted by atomic mass is 35.5. The number of halogens is 1. The van der Waals surface area contributed by atoms with Crippen molar-refractivity contribution in [3.63, 3.8) is 0 Å². The molecular weight excluding hydrogens is 408 g/mol. The van der Waals surface area contributed by atoms with Crippen LogP contribution in [0, 0.1) is 6.92 Å². The van der Waals surface area contributed by atoms with E-state index in [1.165, 1.54) is 30.6 Å². The zero-order valence-electron chi connectivity index (χ0n) is 14.7. The largest absolute Gasteiger partial charge is 0.497 e. The molecule has 0 aliphatic heterocycles. The number of aryl methyl sites for hydroxylation is 1. The fourth-order valence-corrected chi connectivity index (χ4v) is 4.94. The van der Waals surface area contributed by atoms with Crippen molar-refractivity contribution in [3.8, 4) is 5.75 Å². The lowest BCUT2D eigenvalue weighted by Gasteiger charge is -2.06. The van der Waals surface area contributed by atoms with E-state index in [0.717, 1.165) is 15.8 Å². The van der Waals surface area contributed by atoms with E-state index in [4.69, 9.17) is 16.3 Å². The second-order valence-electron chi connectivity index (χ2n) is 5.85. The van der Waals surface area contributed by atoms with Crippen LogP contribution in [0.3, 0.4) is 0 Å². The van der Waals surface area contributed by atoms with Gasteiger partial charge in [0.2, 0.25) is 5.91 Å². The van der Waals surface area contributed by atoms with Gasteiger partial charge in [0.25, 0.3) is 0 Å². The first-order valence-electron chi connectivity index (χ1n) is 8.02. The van der Waals surface area contributed by atoms with Gasteiger partial charge < -0.3 is 10.1 Å². The van der Waals surface area contributed by atoms with Crippen molar-refractivity contribution in [1.29, 1.82) is 0 Å². The van der Waals surface area contributed by atoms with Crippen molar-refractivity contribution in [3.05, 3.63) is 47.0 Å². The zero-order valence-corrected chi connectivity index (χ0v) is 17.0. The molecule has 0 unspecified atom stereocenters. The van der Waals surface area contributed by atoms with Gasteiger partial charge in [0.1, 0.15) is 5.75 Å². The first kappa shape index (κ1) is 19.6. The number of sulfone groups is 1. The highest BCUT2D eigenvalue weighted by molar-refractivity contribution is 7.91. The quantitative estimate of drug-likeness (QED) is 0.644. The number of thiazole rings is 1. The summed E-state index contributed by atoms with van der Waals surface area (Å²) in [7, 11) is -2.06. The number of anilines is 1. The van der Waals surface area contributed by atoms with Crippen LogP contribution >= 0.6 is 22.9 Å². The molecule has 0 saturated heterocycles. The maximum Gasteiger partial charge on any atom is 0.227 e. The molecule has 0 spiro atoms. The lowest BCUT2D eigenvalue weighted by atomic mass is 10.2. The summed E-state index contributed by atoms with van der Waals surface area (Å²) in [6.45, 7) is 1.91. The molecule has 0 aliphatic carbocycles. The summed E-state index contributed by atoms with van der Waals surface area (Å²) < 4.78 is 30.5. The minimum absolute atomic E-state index is 0.151. The summed E-state index contributed by atoms with van der Waals surface area (Å²) in [6, 6.07) is 9.71. The van der Waals surface area contributed by atoms with Gasteiger partial charge in [-0.1, -0.05) is 29.0 Å². The van der Waals surface area contributed by atoms with Crippen molar-refractivity contribution in [2.45, 2.75) is 18.2 Å². The fourth-order valence-electron chi connectivity index (χ4n) is 2.47. The Hall–Kier alpha value is -2.16. The summed E-state index contributed by atoms with van der Waals surface area (Å²) >= 11 is 7.42. The van der Waals surface area contributed by atoms with Crippen LogP contribution < -0.4 is 10.1 Å². The molecule has 0 saturated carbocycles. The molecule has 0 aliphatic rings. The molecule has 1 heterocycles. The minimum atomic E-state index is -3.57. The summed E-state index contributed by atoms with van der Waals surface area (Å²) in [5.74, 6) is -0.146. The zero-order chi connectivity index (χ0) is 19.6. The van der Waals surface area contributed by atoms with Gasteiger partial charge in [-0.3, -0.25) is 4.79 Å². The van der Waals surface area contributed by atoms with Gasteiger partial charge in [0, 0.05) is 6.42 Å². The lowest BCUT2D eigenvalue weighted by molar-refractivity contribution is -0.115. The number of hydrogen-bond donors (Lipinski definition) is 1. The molecule has 1 aromatic heterocycles.